The summed E-state index contributed by atoms with van der Waals surface area (Å²) in [5.74, 6) is -5.55. The molecular weight excluding hydrogens is 448 g/mol. The molecule has 178 valence electrons. The Bertz CT molecular complexity index is 1240. The van der Waals surface area contributed by atoms with Crippen molar-refractivity contribution >= 4 is 11.0 Å². The summed E-state index contributed by atoms with van der Waals surface area (Å²) in [5, 5.41) is 96.5. The number of phenolic OH excluding ortho intramolecular Hbond substituents is 5. The van der Waals surface area contributed by atoms with E-state index >= 15 is 0 Å². The maximum Gasteiger partial charge on any atom is 0.239 e. The second kappa shape index (κ2) is 9.01. The minimum Gasteiger partial charge on any atom is -0.504 e. The fourth-order valence-electron chi connectivity index (χ4n) is 2.95. The summed E-state index contributed by atoms with van der Waals surface area (Å²) in [6.45, 7) is -0.974. The summed E-state index contributed by atoms with van der Waals surface area (Å²) >= 11 is 0. The van der Waals surface area contributed by atoms with Crippen molar-refractivity contribution < 1.29 is 60.2 Å². The number of benzene rings is 2. The molecule has 4 atom stereocenters. The smallest absolute Gasteiger partial charge is 0.239 e. The standard InChI is InChI=1S/C20H20O13/c21-5-10(25)14(27)17(30)20(31)33-19-16(29)12-11(4-9(24)13(26)15(12)28)32-18(19)6-1-2-7(22)8(23)3-6/h1-4,10,14,17,20-28,30-31H,5H2. The van der Waals surface area contributed by atoms with E-state index < -0.39 is 87.9 Å². The van der Waals surface area contributed by atoms with E-state index in [1.54, 1.807) is 0 Å². The largest absolute Gasteiger partial charge is 0.504 e. The Morgan fingerprint density at radius 1 is 0.848 bits per heavy atom. The molecular formula is C20H20O13. The van der Waals surface area contributed by atoms with Crippen molar-refractivity contribution in [2.45, 2.75) is 24.6 Å². The molecule has 0 amide bonds. The molecule has 0 aliphatic rings. The second-order valence-electron chi connectivity index (χ2n) is 7.00. The predicted octanol–water partition coefficient (Wildman–Crippen LogP) is -1.24. The van der Waals surface area contributed by atoms with Crippen LogP contribution in [-0.4, -0.2) is 82.3 Å². The summed E-state index contributed by atoms with van der Waals surface area (Å²) in [4.78, 5) is 13.1. The Balaban J connectivity index is 2.23. The molecule has 0 radical (unpaired) electrons. The highest BCUT2D eigenvalue weighted by Crippen LogP contribution is 2.43. The Labute approximate surface area is 183 Å². The van der Waals surface area contributed by atoms with Crippen LogP contribution in [0.1, 0.15) is 0 Å². The summed E-state index contributed by atoms with van der Waals surface area (Å²) < 4.78 is 10.5. The number of hydrogen-bond acceptors (Lipinski definition) is 13. The highest BCUT2D eigenvalue weighted by atomic mass is 16.6. The second-order valence-corrected chi connectivity index (χ2v) is 7.00. The van der Waals surface area contributed by atoms with Crippen molar-refractivity contribution in [2.24, 2.45) is 0 Å². The van der Waals surface area contributed by atoms with Crippen LogP contribution in [0.15, 0.2) is 33.5 Å². The van der Waals surface area contributed by atoms with E-state index in [-0.39, 0.29) is 5.56 Å². The Morgan fingerprint density at radius 3 is 2.12 bits per heavy atom. The van der Waals surface area contributed by atoms with Crippen LogP contribution in [0.25, 0.3) is 22.3 Å². The van der Waals surface area contributed by atoms with Gasteiger partial charge in [-0.05, 0) is 18.2 Å². The van der Waals surface area contributed by atoms with Crippen LogP contribution < -0.4 is 10.2 Å². The van der Waals surface area contributed by atoms with Gasteiger partial charge in [0.05, 0.1) is 6.61 Å². The normalized spacial score (nSPS) is 15.2. The van der Waals surface area contributed by atoms with E-state index in [1.807, 2.05) is 0 Å². The van der Waals surface area contributed by atoms with Gasteiger partial charge in [-0.2, -0.15) is 0 Å². The molecule has 2 aromatic carbocycles. The number of fused-ring (bicyclic) bond motifs is 1. The molecule has 13 nitrogen and oxygen atoms in total. The molecule has 1 heterocycles. The first-order chi connectivity index (χ1) is 15.5. The van der Waals surface area contributed by atoms with Gasteiger partial charge < -0.3 is 60.2 Å². The molecule has 1 aromatic heterocycles. The van der Waals surface area contributed by atoms with Crippen molar-refractivity contribution in [3.8, 4) is 45.8 Å². The van der Waals surface area contributed by atoms with Crippen LogP contribution in [0, 0.1) is 0 Å². The van der Waals surface area contributed by atoms with E-state index in [0.717, 1.165) is 18.2 Å². The highest BCUT2D eigenvalue weighted by Gasteiger charge is 2.33. The fourth-order valence-corrected chi connectivity index (χ4v) is 2.95. The zero-order valence-corrected chi connectivity index (χ0v) is 16.5. The minimum absolute atomic E-state index is 0.107. The molecule has 0 fully saturated rings. The highest BCUT2D eigenvalue weighted by molar-refractivity contribution is 5.91. The van der Waals surface area contributed by atoms with Crippen LogP contribution in [0.5, 0.6) is 34.5 Å². The number of aliphatic hydroxyl groups is 5. The van der Waals surface area contributed by atoms with Crippen LogP contribution in [0.4, 0.5) is 0 Å². The van der Waals surface area contributed by atoms with E-state index in [9.17, 15) is 50.8 Å². The van der Waals surface area contributed by atoms with Crippen molar-refractivity contribution in [1.82, 2.24) is 0 Å². The summed E-state index contributed by atoms with van der Waals surface area (Å²) in [7, 11) is 0. The molecule has 10 N–H and O–H groups in total. The number of aromatic hydroxyl groups is 5. The molecule has 13 heteroatoms. The van der Waals surface area contributed by atoms with Crippen LogP contribution in [-0.2, 0) is 0 Å². The monoisotopic (exact) mass is 468 g/mol. The third-order valence-electron chi connectivity index (χ3n) is 4.77. The molecule has 33 heavy (non-hydrogen) atoms. The Morgan fingerprint density at radius 2 is 1.52 bits per heavy atom. The molecule has 4 unspecified atom stereocenters. The molecule has 3 aromatic rings. The lowest BCUT2D eigenvalue weighted by Gasteiger charge is -2.26. The van der Waals surface area contributed by atoms with Gasteiger partial charge >= 0.3 is 0 Å². The van der Waals surface area contributed by atoms with Crippen LogP contribution in [0.3, 0.4) is 0 Å². The lowest BCUT2D eigenvalue weighted by molar-refractivity contribution is -0.169. The average Bonchev–Trinajstić information content (AvgIpc) is 2.79. The summed E-state index contributed by atoms with van der Waals surface area (Å²) in [5.41, 5.74) is -1.77. The van der Waals surface area contributed by atoms with Crippen molar-refractivity contribution in [2.75, 3.05) is 6.61 Å². The maximum absolute atomic E-state index is 13.1. The average molecular weight is 468 g/mol. The number of hydrogen-bond donors (Lipinski definition) is 10. The van der Waals surface area contributed by atoms with Gasteiger partial charge in [-0.15, -0.1) is 0 Å². The minimum atomic E-state index is -2.39. The first-order valence-electron chi connectivity index (χ1n) is 9.24. The van der Waals surface area contributed by atoms with Gasteiger partial charge in [-0.3, -0.25) is 4.79 Å². The maximum atomic E-state index is 13.1. The molecule has 0 saturated heterocycles. The SMILES string of the molecule is O=c1c(OC(O)C(O)C(O)C(O)CO)c(-c2ccc(O)c(O)c2)oc2cc(O)c(O)c(O)c12. The molecule has 3 rings (SSSR count). The fraction of sp³-hybridized carbons (Fsp3) is 0.250. The van der Waals surface area contributed by atoms with Crippen molar-refractivity contribution in [3.05, 3.63) is 34.5 Å². The van der Waals surface area contributed by atoms with Gasteiger partial charge in [0.25, 0.3) is 0 Å². The first-order valence-corrected chi connectivity index (χ1v) is 9.24. The van der Waals surface area contributed by atoms with Crippen molar-refractivity contribution in [1.29, 1.82) is 0 Å². The first kappa shape index (κ1) is 23.9. The molecule has 0 aliphatic carbocycles. The van der Waals surface area contributed by atoms with E-state index in [0.29, 0.717) is 0 Å². The van der Waals surface area contributed by atoms with Gasteiger partial charge in [0, 0.05) is 11.6 Å². The van der Waals surface area contributed by atoms with Gasteiger partial charge in [0.2, 0.25) is 23.2 Å². The summed E-state index contributed by atoms with van der Waals surface area (Å²) in [6, 6.07) is 3.93. The quantitative estimate of drug-likeness (QED) is 0.144. The van der Waals surface area contributed by atoms with Crippen molar-refractivity contribution in [3.63, 3.8) is 0 Å². The zero-order chi connectivity index (χ0) is 24.6. The van der Waals surface area contributed by atoms with E-state index in [2.05, 4.69) is 0 Å². The van der Waals surface area contributed by atoms with Gasteiger partial charge in [-0.1, -0.05) is 0 Å². The number of rotatable bonds is 7. The topological polar surface area (TPSA) is 242 Å². The van der Waals surface area contributed by atoms with Gasteiger partial charge in [-0.25, -0.2) is 0 Å². The zero-order valence-electron chi connectivity index (χ0n) is 16.5. The number of ether oxygens (including phenoxy) is 1. The lowest BCUT2D eigenvalue weighted by Crippen LogP contribution is -2.48. The predicted molar refractivity (Wildman–Crippen MR) is 108 cm³/mol. The van der Waals surface area contributed by atoms with Gasteiger partial charge in [0.15, 0.2) is 28.8 Å². The third kappa shape index (κ3) is 4.30. The Hall–Kier alpha value is -3.75. The number of phenols is 5. The molecule has 0 spiro atoms. The third-order valence-corrected chi connectivity index (χ3v) is 4.77. The lowest BCUT2D eigenvalue weighted by atomic mass is 10.1. The van der Waals surface area contributed by atoms with Gasteiger partial charge in [0.1, 0.15) is 29.3 Å². The van der Waals surface area contributed by atoms with E-state index in [4.69, 9.17) is 14.3 Å². The van der Waals surface area contributed by atoms with E-state index in [1.165, 1.54) is 6.07 Å². The molecule has 0 bridgehead atoms. The summed E-state index contributed by atoms with van der Waals surface area (Å²) in [6.07, 6.45) is -8.61. The van der Waals surface area contributed by atoms with Crippen LogP contribution in [0.2, 0.25) is 0 Å². The molecule has 0 aliphatic heterocycles. The van der Waals surface area contributed by atoms with Crippen LogP contribution >= 0.6 is 0 Å². The molecule has 0 saturated carbocycles. The Kier molecular flexibility index (Phi) is 6.53. The number of aliphatic hydroxyl groups excluding tert-OH is 5.